The van der Waals surface area contributed by atoms with Crippen LogP contribution in [0.3, 0.4) is 0 Å². The van der Waals surface area contributed by atoms with Gasteiger partial charge in [-0.15, -0.1) is 35.3 Å². The molecule has 1 unspecified atom stereocenters. The fraction of sp³-hybridized carbons (Fsp3) is 0.500. The number of likely N-dealkylation sites (tertiary alicyclic amines) is 1. The van der Waals surface area contributed by atoms with E-state index < -0.39 is 0 Å². The number of aliphatic imine (C=N–C) groups is 1. The van der Waals surface area contributed by atoms with E-state index in [4.69, 9.17) is 0 Å². The summed E-state index contributed by atoms with van der Waals surface area (Å²) in [6.07, 6.45) is 6.33. The largest absolute Gasteiger partial charge is 0.356 e. The molecule has 0 amide bonds. The molecule has 1 N–H and O–H groups in total. The van der Waals surface area contributed by atoms with Crippen molar-refractivity contribution in [1.29, 1.82) is 0 Å². The number of hydrogen-bond acceptors (Lipinski definition) is 3. The summed E-state index contributed by atoms with van der Waals surface area (Å²) in [6.45, 7) is 3.00. The Bertz CT molecular complexity index is 622. The second-order valence-corrected chi connectivity index (χ2v) is 6.71. The van der Waals surface area contributed by atoms with Gasteiger partial charge >= 0.3 is 0 Å². The van der Waals surface area contributed by atoms with Crippen LogP contribution in [-0.4, -0.2) is 47.3 Å². The van der Waals surface area contributed by atoms with Crippen LogP contribution in [0.2, 0.25) is 0 Å². The predicted octanol–water partition coefficient (Wildman–Crippen LogP) is 2.71. The Morgan fingerprint density at radius 1 is 1.52 bits per heavy atom. The van der Waals surface area contributed by atoms with Gasteiger partial charge in [0.2, 0.25) is 0 Å². The van der Waals surface area contributed by atoms with Crippen LogP contribution in [0.4, 0.5) is 0 Å². The van der Waals surface area contributed by atoms with E-state index in [0.29, 0.717) is 5.92 Å². The Morgan fingerprint density at radius 2 is 2.39 bits per heavy atom. The molecule has 1 saturated heterocycles. The smallest absolute Gasteiger partial charge is 0.193 e. The molecule has 0 bridgehead atoms. The van der Waals surface area contributed by atoms with E-state index in [-0.39, 0.29) is 24.0 Å². The topological polar surface area (TPSA) is 45.5 Å². The van der Waals surface area contributed by atoms with Crippen molar-refractivity contribution in [2.45, 2.75) is 18.8 Å². The SMILES string of the molecule is CN=C(NCCc1cccs1)N1CCC(c2cnn(C)c2)C1.I. The van der Waals surface area contributed by atoms with Crippen LogP contribution in [0.5, 0.6) is 0 Å². The lowest BCUT2D eigenvalue weighted by molar-refractivity contribution is 0.486. The van der Waals surface area contributed by atoms with Gasteiger partial charge in [-0.2, -0.15) is 5.10 Å². The van der Waals surface area contributed by atoms with E-state index in [1.807, 2.05) is 36.3 Å². The standard InChI is InChI=1S/C16H23N5S.HI/c1-17-16(18-7-5-15-4-3-9-22-15)21-8-6-13(12-21)14-10-19-20(2)11-14;/h3-4,9-11,13H,5-8,12H2,1-2H3,(H,17,18);1H. The van der Waals surface area contributed by atoms with E-state index in [9.17, 15) is 0 Å². The lowest BCUT2D eigenvalue weighted by atomic mass is 10.0. The van der Waals surface area contributed by atoms with Crippen LogP contribution in [0, 0.1) is 0 Å². The number of hydrogen-bond donors (Lipinski definition) is 1. The van der Waals surface area contributed by atoms with Crippen molar-refractivity contribution in [3.05, 3.63) is 40.3 Å². The molecular weight excluding hydrogens is 421 g/mol. The number of guanidine groups is 1. The summed E-state index contributed by atoms with van der Waals surface area (Å²) < 4.78 is 1.88. The maximum atomic E-state index is 4.44. The Kier molecular flexibility index (Phi) is 6.88. The fourth-order valence-corrected chi connectivity index (χ4v) is 3.67. The van der Waals surface area contributed by atoms with Crippen molar-refractivity contribution >= 4 is 41.3 Å². The van der Waals surface area contributed by atoms with Gasteiger partial charge in [-0.05, 0) is 29.9 Å². The van der Waals surface area contributed by atoms with Crippen molar-refractivity contribution in [3.8, 4) is 0 Å². The van der Waals surface area contributed by atoms with Crippen LogP contribution in [-0.2, 0) is 13.5 Å². The number of aryl methyl sites for hydroxylation is 1. The molecule has 0 aromatic carbocycles. The average Bonchev–Trinajstić information content (AvgIpc) is 3.24. The highest BCUT2D eigenvalue weighted by Crippen LogP contribution is 2.26. The summed E-state index contributed by atoms with van der Waals surface area (Å²) >= 11 is 1.81. The number of aromatic nitrogens is 2. The molecule has 1 fully saturated rings. The van der Waals surface area contributed by atoms with Crippen LogP contribution in [0.25, 0.3) is 0 Å². The van der Waals surface area contributed by atoms with Crippen LogP contribution in [0.15, 0.2) is 34.9 Å². The van der Waals surface area contributed by atoms with E-state index in [0.717, 1.165) is 38.4 Å². The van der Waals surface area contributed by atoms with Gasteiger partial charge in [-0.3, -0.25) is 9.67 Å². The van der Waals surface area contributed by atoms with E-state index in [1.165, 1.54) is 10.4 Å². The maximum absolute atomic E-state index is 4.44. The van der Waals surface area contributed by atoms with Gasteiger partial charge in [0.25, 0.3) is 0 Å². The molecule has 5 nitrogen and oxygen atoms in total. The number of thiophene rings is 1. The Balaban J connectivity index is 0.00000192. The maximum Gasteiger partial charge on any atom is 0.193 e. The molecule has 0 spiro atoms. The molecule has 1 atom stereocenters. The zero-order valence-electron chi connectivity index (χ0n) is 13.6. The van der Waals surface area contributed by atoms with Crippen LogP contribution < -0.4 is 5.32 Å². The molecular formula is C16H24IN5S. The lowest BCUT2D eigenvalue weighted by Gasteiger charge is -2.21. The molecule has 0 radical (unpaired) electrons. The van der Waals surface area contributed by atoms with Gasteiger partial charge in [0, 0.05) is 50.7 Å². The van der Waals surface area contributed by atoms with Gasteiger partial charge in [-0.1, -0.05) is 6.07 Å². The van der Waals surface area contributed by atoms with Gasteiger partial charge in [-0.25, -0.2) is 0 Å². The minimum Gasteiger partial charge on any atom is -0.356 e. The molecule has 1 aliphatic heterocycles. The molecule has 1 aliphatic rings. The molecule has 2 aromatic rings. The van der Waals surface area contributed by atoms with Crippen molar-refractivity contribution in [1.82, 2.24) is 20.0 Å². The fourth-order valence-electron chi connectivity index (χ4n) is 2.96. The summed E-state index contributed by atoms with van der Waals surface area (Å²) in [6, 6.07) is 4.29. The lowest BCUT2D eigenvalue weighted by Crippen LogP contribution is -2.40. The number of nitrogens with zero attached hydrogens (tertiary/aromatic N) is 4. The first kappa shape index (κ1) is 18.3. The summed E-state index contributed by atoms with van der Waals surface area (Å²) in [7, 11) is 3.84. The van der Waals surface area contributed by atoms with Crippen molar-refractivity contribution < 1.29 is 0 Å². The first-order valence-corrected chi connectivity index (χ1v) is 8.60. The molecule has 3 heterocycles. The van der Waals surface area contributed by atoms with Crippen LogP contribution in [0.1, 0.15) is 22.8 Å². The van der Waals surface area contributed by atoms with Crippen molar-refractivity contribution in [2.24, 2.45) is 12.0 Å². The summed E-state index contributed by atoms with van der Waals surface area (Å²) in [5.74, 6) is 1.58. The Morgan fingerprint density at radius 3 is 3.04 bits per heavy atom. The predicted molar refractivity (Wildman–Crippen MR) is 107 cm³/mol. The first-order valence-electron chi connectivity index (χ1n) is 7.73. The number of rotatable bonds is 4. The highest BCUT2D eigenvalue weighted by molar-refractivity contribution is 14.0. The number of halogens is 1. The molecule has 7 heteroatoms. The summed E-state index contributed by atoms with van der Waals surface area (Å²) in [5.41, 5.74) is 1.33. The zero-order valence-corrected chi connectivity index (χ0v) is 16.8. The minimum atomic E-state index is 0. The molecule has 23 heavy (non-hydrogen) atoms. The summed E-state index contributed by atoms with van der Waals surface area (Å²) in [5, 5.41) is 9.90. The third-order valence-electron chi connectivity index (χ3n) is 4.13. The highest BCUT2D eigenvalue weighted by atomic mass is 127. The van der Waals surface area contributed by atoms with Gasteiger partial charge in [0.1, 0.15) is 0 Å². The molecule has 0 saturated carbocycles. The molecule has 3 rings (SSSR count). The monoisotopic (exact) mass is 445 g/mol. The Labute approximate surface area is 158 Å². The molecule has 126 valence electrons. The minimum absolute atomic E-state index is 0. The van der Waals surface area contributed by atoms with Crippen molar-refractivity contribution in [3.63, 3.8) is 0 Å². The molecule has 2 aromatic heterocycles. The van der Waals surface area contributed by atoms with E-state index in [1.54, 1.807) is 0 Å². The average molecular weight is 445 g/mol. The Hall–Kier alpha value is -1.09. The highest BCUT2D eigenvalue weighted by Gasteiger charge is 2.26. The zero-order chi connectivity index (χ0) is 15.4. The van der Waals surface area contributed by atoms with Gasteiger partial charge in [0.05, 0.1) is 6.20 Å². The van der Waals surface area contributed by atoms with Gasteiger partial charge in [0.15, 0.2) is 5.96 Å². The summed E-state index contributed by atoms with van der Waals surface area (Å²) in [4.78, 5) is 8.20. The second kappa shape index (κ2) is 8.68. The third-order valence-corrected chi connectivity index (χ3v) is 5.07. The normalized spacial score (nSPS) is 18.1. The molecule has 0 aliphatic carbocycles. The van der Waals surface area contributed by atoms with Gasteiger partial charge < -0.3 is 10.2 Å². The second-order valence-electron chi connectivity index (χ2n) is 5.68. The van der Waals surface area contributed by atoms with E-state index >= 15 is 0 Å². The van der Waals surface area contributed by atoms with E-state index in [2.05, 4.69) is 44.0 Å². The number of nitrogens with one attached hydrogen (secondary N) is 1. The first-order chi connectivity index (χ1) is 10.8. The quantitative estimate of drug-likeness (QED) is 0.447. The van der Waals surface area contributed by atoms with Crippen LogP contribution >= 0.6 is 35.3 Å². The van der Waals surface area contributed by atoms with Crippen molar-refractivity contribution in [2.75, 3.05) is 26.7 Å². The third kappa shape index (κ3) is 4.69.